The second-order valence-electron chi connectivity index (χ2n) is 4.71. The Kier molecular flexibility index (Phi) is 4.32. The SMILES string of the molecule is OC1(CNCc2cncs2)CCCCCC1. The summed E-state index contributed by atoms with van der Waals surface area (Å²) < 4.78 is 0. The Morgan fingerprint density at radius 2 is 2.06 bits per heavy atom. The molecule has 1 heterocycles. The Balaban J connectivity index is 1.75. The van der Waals surface area contributed by atoms with E-state index in [1.54, 1.807) is 11.3 Å². The molecule has 0 aromatic carbocycles. The van der Waals surface area contributed by atoms with Crippen molar-refractivity contribution in [2.45, 2.75) is 50.7 Å². The molecule has 1 aliphatic rings. The predicted molar refractivity (Wildman–Crippen MR) is 66.5 cm³/mol. The minimum atomic E-state index is -0.471. The molecule has 0 spiro atoms. The third-order valence-corrected chi connectivity index (χ3v) is 4.05. The van der Waals surface area contributed by atoms with Crippen molar-refractivity contribution in [2.24, 2.45) is 0 Å². The second kappa shape index (κ2) is 5.75. The van der Waals surface area contributed by atoms with Crippen molar-refractivity contribution >= 4 is 11.3 Å². The first-order chi connectivity index (χ1) is 7.79. The largest absolute Gasteiger partial charge is 0.389 e. The van der Waals surface area contributed by atoms with Crippen LogP contribution < -0.4 is 5.32 Å². The van der Waals surface area contributed by atoms with Gasteiger partial charge in [0.1, 0.15) is 0 Å². The predicted octanol–water partition coefficient (Wildman–Crippen LogP) is 2.32. The van der Waals surface area contributed by atoms with Crippen LogP contribution >= 0.6 is 11.3 Å². The van der Waals surface area contributed by atoms with Crippen molar-refractivity contribution in [2.75, 3.05) is 6.54 Å². The van der Waals surface area contributed by atoms with E-state index in [1.807, 2.05) is 11.7 Å². The first-order valence-corrected chi connectivity index (χ1v) is 6.97. The zero-order valence-electron chi connectivity index (χ0n) is 9.61. The van der Waals surface area contributed by atoms with Gasteiger partial charge in [-0.05, 0) is 12.8 Å². The number of nitrogens with zero attached hydrogens (tertiary/aromatic N) is 1. The zero-order valence-corrected chi connectivity index (χ0v) is 10.4. The summed E-state index contributed by atoms with van der Waals surface area (Å²) in [6.07, 6.45) is 8.66. The summed E-state index contributed by atoms with van der Waals surface area (Å²) in [6.45, 7) is 1.54. The number of rotatable bonds is 4. The van der Waals surface area contributed by atoms with Crippen LogP contribution in [0.25, 0.3) is 0 Å². The fourth-order valence-corrected chi connectivity index (χ4v) is 2.88. The highest BCUT2D eigenvalue weighted by Crippen LogP contribution is 2.26. The van der Waals surface area contributed by atoms with Crippen LogP contribution in [0, 0.1) is 0 Å². The maximum Gasteiger partial charge on any atom is 0.0794 e. The highest BCUT2D eigenvalue weighted by Gasteiger charge is 2.27. The van der Waals surface area contributed by atoms with E-state index in [1.165, 1.54) is 30.6 Å². The fraction of sp³-hybridized carbons (Fsp3) is 0.750. The summed E-state index contributed by atoms with van der Waals surface area (Å²) in [5.41, 5.74) is 1.37. The van der Waals surface area contributed by atoms with E-state index >= 15 is 0 Å². The molecule has 0 aliphatic heterocycles. The van der Waals surface area contributed by atoms with Crippen LogP contribution in [0.2, 0.25) is 0 Å². The summed E-state index contributed by atoms with van der Waals surface area (Å²) in [5, 5.41) is 13.8. The molecule has 2 rings (SSSR count). The number of hydrogen-bond donors (Lipinski definition) is 2. The summed E-state index contributed by atoms with van der Waals surface area (Å²) in [6, 6.07) is 0. The Bertz CT molecular complexity index is 292. The summed E-state index contributed by atoms with van der Waals surface area (Å²) in [4.78, 5) is 5.27. The van der Waals surface area contributed by atoms with Crippen molar-refractivity contribution in [1.29, 1.82) is 0 Å². The summed E-state index contributed by atoms with van der Waals surface area (Å²) >= 11 is 1.66. The molecular weight excluding hydrogens is 220 g/mol. The molecule has 4 heteroatoms. The quantitative estimate of drug-likeness (QED) is 0.794. The van der Waals surface area contributed by atoms with Crippen LogP contribution in [0.15, 0.2) is 11.7 Å². The third-order valence-electron chi connectivity index (χ3n) is 3.27. The molecule has 0 radical (unpaired) electrons. The van der Waals surface area contributed by atoms with Gasteiger partial charge < -0.3 is 10.4 Å². The second-order valence-corrected chi connectivity index (χ2v) is 5.68. The maximum absolute atomic E-state index is 10.4. The van der Waals surface area contributed by atoms with Gasteiger partial charge in [0.2, 0.25) is 0 Å². The van der Waals surface area contributed by atoms with Gasteiger partial charge in [-0.1, -0.05) is 25.7 Å². The molecule has 0 bridgehead atoms. The standard InChI is InChI=1S/C12H20N2OS/c15-12(5-3-1-2-4-6-12)9-13-7-11-8-14-10-16-11/h8,10,13,15H,1-7,9H2. The van der Waals surface area contributed by atoms with E-state index in [9.17, 15) is 5.11 Å². The molecule has 1 saturated carbocycles. The number of aromatic nitrogens is 1. The van der Waals surface area contributed by atoms with Crippen LogP contribution in [-0.2, 0) is 6.54 Å². The minimum absolute atomic E-state index is 0.471. The van der Waals surface area contributed by atoms with Gasteiger partial charge in [-0.2, -0.15) is 0 Å². The van der Waals surface area contributed by atoms with Crippen LogP contribution in [0.1, 0.15) is 43.4 Å². The lowest BCUT2D eigenvalue weighted by Crippen LogP contribution is -2.39. The number of aliphatic hydroxyl groups is 1. The first kappa shape index (κ1) is 12.0. The van der Waals surface area contributed by atoms with E-state index in [0.717, 1.165) is 19.4 Å². The highest BCUT2D eigenvalue weighted by atomic mass is 32.1. The monoisotopic (exact) mass is 240 g/mol. The van der Waals surface area contributed by atoms with Crippen LogP contribution in [0.4, 0.5) is 0 Å². The number of hydrogen-bond acceptors (Lipinski definition) is 4. The van der Waals surface area contributed by atoms with Gasteiger partial charge in [0.05, 0.1) is 11.1 Å². The van der Waals surface area contributed by atoms with Crippen molar-refractivity contribution in [3.05, 3.63) is 16.6 Å². The first-order valence-electron chi connectivity index (χ1n) is 6.09. The molecule has 90 valence electrons. The van der Waals surface area contributed by atoms with Gasteiger partial charge in [-0.3, -0.25) is 4.98 Å². The fourth-order valence-electron chi connectivity index (χ4n) is 2.31. The Labute approximate surface area is 101 Å². The molecule has 1 aliphatic carbocycles. The molecule has 1 aromatic rings. The lowest BCUT2D eigenvalue weighted by atomic mass is 9.94. The molecule has 3 nitrogen and oxygen atoms in total. The average molecular weight is 240 g/mol. The third kappa shape index (κ3) is 3.54. The maximum atomic E-state index is 10.4. The van der Waals surface area contributed by atoms with Gasteiger partial charge in [-0.15, -0.1) is 11.3 Å². The van der Waals surface area contributed by atoms with Crippen molar-refractivity contribution < 1.29 is 5.11 Å². The molecule has 1 fully saturated rings. The molecule has 0 unspecified atom stereocenters. The number of thiazole rings is 1. The van der Waals surface area contributed by atoms with E-state index in [0.29, 0.717) is 6.54 Å². The van der Waals surface area contributed by atoms with Gasteiger partial charge >= 0.3 is 0 Å². The van der Waals surface area contributed by atoms with Crippen molar-refractivity contribution in [1.82, 2.24) is 10.3 Å². The van der Waals surface area contributed by atoms with Crippen LogP contribution in [0.5, 0.6) is 0 Å². The minimum Gasteiger partial charge on any atom is -0.389 e. The van der Waals surface area contributed by atoms with E-state index < -0.39 is 5.60 Å². The van der Waals surface area contributed by atoms with E-state index in [4.69, 9.17) is 0 Å². The molecule has 2 N–H and O–H groups in total. The van der Waals surface area contributed by atoms with E-state index in [-0.39, 0.29) is 0 Å². The Morgan fingerprint density at radius 3 is 2.69 bits per heavy atom. The lowest BCUT2D eigenvalue weighted by molar-refractivity contribution is 0.0251. The molecule has 0 atom stereocenters. The Morgan fingerprint density at radius 1 is 1.31 bits per heavy atom. The van der Waals surface area contributed by atoms with Crippen LogP contribution in [0.3, 0.4) is 0 Å². The molecule has 16 heavy (non-hydrogen) atoms. The Hall–Kier alpha value is -0.450. The van der Waals surface area contributed by atoms with E-state index in [2.05, 4.69) is 10.3 Å². The normalized spacial score (nSPS) is 20.6. The van der Waals surface area contributed by atoms with Crippen molar-refractivity contribution in [3.63, 3.8) is 0 Å². The van der Waals surface area contributed by atoms with Gasteiger partial charge in [0.15, 0.2) is 0 Å². The topological polar surface area (TPSA) is 45.1 Å². The lowest BCUT2D eigenvalue weighted by Gasteiger charge is -2.26. The molecule has 0 amide bonds. The molecule has 0 saturated heterocycles. The highest BCUT2D eigenvalue weighted by molar-refractivity contribution is 7.09. The van der Waals surface area contributed by atoms with Gasteiger partial charge in [0.25, 0.3) is 0 Å². The van der Waals surface area contributed by atoms with Crippen molar-refractivity contribution in [3.8, 4) is 0 Å². The zero-order chi connectivity index (χ0) is 11.3. The van der Waals surface area contributed by atoms with Gasteiger partial charge in [-0.25, -0.2) is 0 Å². The van der Waals surface area contributed by atoms with Gasteiger partial charge in [0, 0.05) is 24.2 Å². The molecule has 1 aromatic heterocycles. The smallest absolute Gasteiger partial charge is 0.0794 e. The average Bonchev–Trinajstić information content (AvgIpc) is 2.68. The summed E-state index contributed by atoms with van der Waals surface area (Å²) in [5.74, 6) is 0. The molecular formula is C12H20N2OS. The summed E-state index contributed by atoms with van der Waals surface area (Å²) in [7, 11) is 0. The van der Waals surface area contributed by atoms with Crippen LogP contribution in [-0.4, -0.2) is 22.2 Å². The number of nitrogens with one attached hydrogen (secondary N) is 1.